The molecule has 2 aromatic carbocycles. The quantitative estimate of drug-likeness (QED) is 0.758. The van der Waals surface area contributed by atoms with Crippen LogP contribution in [0.15, 0.2) is 52.8 Å². The van der Waals surface area contributed by atoms with Crippen molar-refractivity contribution in [3.63, 3.8) is 0 Å². The molecule has 0 amide bonds. The van der Waals surface area contributed by atoms with E-state index in [1.807, 2.05) is 0 Å². The van der Waals surface area contributed by atoms with Crippen molar-refractivity contribution >= 4 is 44.6 Å². The molecule has 130 valence electrons. The van der Waals surface area contributed by atoms with Crippen LogP contribution in [0.2, 0.25) is 0 Å². The molecule has 0 bridgehead atoms. The number of benzene rings is 2. The molecule has 0 spiro atoms. The van der Waals surface area contributed by atoms with Crippen LogP contribution in [0.1, 0.15) is 11.1 Å². The third-order valence-electron chi connectivity index (χ3n) is 3.49. The molecule has 3 rings (SSSR count). The molecule has 0 fully saturated rings. The predicted molar refractivity (Wildman–Crippen MR) is 93.9 cm³/mol. The van der Waals surface area contributed by atoms with Gasteiger partial charge in [0.1, 0.15) is 0 Å². The number of hydrogen-bond acceptors (Lipinski definition) is 3. The highest BCUT2D eigenvalue weighted by Gasteiger charge is 2.33. The molecular weight excluding hydrogens is 373 g/mol. The van der Waals surface area contributed by atoms with Crippen molar-refractivity contribution in [3.05, 3.63) is 59.0 Å². The number of rotatable bonds is 2. The van der Waals surface area contributed by atoms with E-state index in [1.165, 1.54) is 30.3 Å². The maximum absolute atomic E-state index is 13.0. The van der Waals surface area contributed by atoms with Crippen molar-refractivity contribution in [2.75, 3.05) is 10.6 Å². The summed E-state index contributed by atoms with van der Waals surface area (Å²) in [6.07, 6.45) is -3.04. The molecule has 4 nitrogen and oxygen atoms in total. The molecule has 0 saturated heterocycles. The van der Waals surface area contributed by atoms with Gasteiger partial charge < -0.3 is 10.6 Å². The molecule has 0 aliphatic carbocycles. The van der Waals surface area contributed by atoms with Gasteiger partial charge in [0.15, 0.2) is 5.11 Å². The molecule has 0 atom stereocenters. The Morgan fingerprint density at radius 2 is 1.76 bits per heavy atom. The Bertz CT molecular complexity index is 983. The molecule has 1 heterocycles. The van der Waals surface area contributed by atoms with Gasteiger partial charge in [-0.1, -0.05) is 18.2 Å². The van der Waals surface area contributed by atoms with E-state index in [1.54, 1.807) is 12.1 Å². The Morgan fingerprint density at radius 1 is 1.04 bits per heavy atom. The molecule has 9 heteroatoms. The minimum absolute atomic E-state index is 0.0833. The van der Waals surface area contributed by atoms with Gasteiger partial charge in [-0.3, -0.25) is 0 Å². The number of fused-ring (bicyclic) bond motifs is 1. The molecule has 0 unspecified atom stereocenters. The normalized spacial score (nSPS) is 14.8. The Labute approximate surface area is 147 Å². The third kappa shape index (κ3) is 3.67. The molecule has 0 saturated carbocycles. The van der Waals surface area contributed by atoms with Crippen LogP contribution < -0.4 is 10.6 Å². The first-order valence-corrected chi connectivity index (χ1v) is 8.94. The average molecular weight is 384 g/mol. The van der Waals surface area contributed by atoms with Gasteiger partial charge in [0, 0.05) is 11.1 Å². The van der Waals surface area contributed by atoms with E-state index in [2.05, 4.69) is 10.6 Å². The fourth-order valence-corrected chi connectivity index (χ4v) is 3.81. The van der Waals surface area contributed by atoms with Crippen molar-refractivity contribution in [1.29, 1.82) is 0 Å². The van der Waals surface area contributed by atoms with Gasteiger partial charge in [-0.05, 0) is 48.1 Å². The summed E-state index contributed by atoms with van der Waals surface area (Å²) < 4.78 is 62.6. The summed E-state index contributed by atoms with van der Waals surface area (Å²) in [6, 6.07) is 9.50. The lowest BCUT2D eigenvalue weighted by atomic mass is 10.1. The fraction of sp³-hybridized carbons (Fsp3) is 0.0625. The van der Waals surface area contributed by atoms with E-state index in [9.17, 15) is 21.6 Å². The predicted octanol–water partition coefficient (Wildman–Crippen LogP) is 4.27. The second-order valence-corrected chi connectivity index (χ2v) is 7.43. The van der Waals surface area contributed by atoms with Crippen LogP contribution in [0, 0.1) is 0 Å². The molecule has 1 aliphatic rings. The monoisotopic (exact) mass is 384 g/mol. The summed E-state index contributed by atoms with van der Waals surface area (Å²) in [7, 11) is -3.48. The maximum Gasteiger partial charge on any atom is 0.418 e. The minimum atomic E-state index is -4.52. The van der Waals surface area contributed by atoms with E-state index < -0.39 is 21.6 Å². The van der Waals surface area contributed by atoms with Gasteiger partial charge in [-0.2, -0.15) is 13.2 Å². The van der Waals surface area contributed by atoms with Gasteiger partial charge >= 0.3 is 6.18 Å². The zero-order chi connectivity index (χ0) is 18.2. The second kappa shape index (κ2) is 6.16. The van der Waals surface area contributed by atoms with E-state index in [0.29, 0.717) is 11.3 Å². The molecule has 0 aromatic heterocycles. The molecule has 1 aliphatic heterocycles. The van der Waals surface area contributed by atoms with Crippen LogP contribution in [-0.2, 0) is 16.0 Å². The van der Waals surface area contributed by atoms with Crippen LogP contribution in [0.25, 0.3) is 6.08 Å². The zero-order valence-corrected chi connectivity index (χ0v) is 14.1. The summed E-state index contributed by atoms with van der Waals surface area (Å²) in [4.78, 5) is 0.121. The topological polar surface area (TPSA) is 58.2 Å². The van der Waals surface area contributed by atoms with Gasteiger partial charge in [0.25, 0.3) is 0 Å². The lowest BCUT2D eigenvalue weighted by molar-refractivity contribution is -0.136. The number of halogens is 3. The second-order valence-electron chi connectivity index (χ2n) is 5.22. The molecule has 2 aromatic rings. The summed E-state index contributed by atoms with van der Waals surface area (Å²) in [5.41, 5.74) is -0.136. The van der Waals surface area contributed by atoms with E-state index in [0.717, 1.165) is 11.5 Å². The van der Waals surface area contributed by atoms with Crippen molar-refractivity contribution in [2.24, 2.45) is 0 Å². The number of sulfone groups is 1. The van der Waals surface area contributed by atoms with Crippen molar-refractivity contribution in [3.8, 4) is 0 Å². The summed E-state index contributed by atoms with van der Waals surface area (Å²) in [5, 5.41) is 6.20. The van der Waals surface area contributed by atoms with Crippen LogP contribution >= 0.6 is 12.2 Å². The van der Waals surface area contributed by atoms with Crippen LogP contribution in [0.5, 0.6) is 0 Å². The first kappa shape index (κ1) is 17.4. The molecular formula is C16H11F3N2O2S2. The SMILES string of the molecule is O=S1(=O)C=Cc2ccc(NC(=S)Nc3ccccc3C(F)(F)F)cc21. The van der Waals surface area contributed by atoms with Crippen LogP contribution in [0.4, 0.5) is 24.5 Å². The number of para-hydroxylation sites is 1. The van der Waals surface area contributed by atoms with E-state index >= 15 is 0 Å². The first-order chi connectivity index (χ1) is 11.7. The smallest absolute Gasteiger partial charge is 0.332 e. The Hall–Kier alpha value is -2.39. The third-order valence-corrected chi connectivity index (χ3v) is 5.15. The van der Waals surface area contributed by atoms with Gasteiger partial charge in [-0.25, -0.2) is 8.42 Å². The van der Waals surface area contributed by atoms with Crippen LogP contribution in [-0.4, -0.2) is 13.5 Å². The summed E-state index contributed by atoms with van der Waals surface area (Å²) in [5.74, 6) is 0. The summed E-state index contributed by atoms with van der Waals surface area (Å²) in [6.45, 7) is 0. The van der Waals surface area contributed by atoms with Gasteiger partial charge in [0.2, 0.25) is 9.84 Å². The highest BCUT2D eigenvalue weighted by Crippen LogP contribution is 2.34. The zero-order valence-electron chi connectivity index (χ0n) is 12.5. The number of anilines is 2. The number of thiocarbonyl (C=S) groups is 1. The Kier molecular flexibility index (Phi) is 4.29. The largest absolute Gasteiger partial charge is 0.418 e. The van der Waals surface area contributed by atoms with Gasteiger partial charge in [0.05, 0.1) is 16.1 Å². The molecule has 0 radical (unpaired) electrons. The van der Waals surface area contributed by atoms with Crippen molar-refractivity contribution in [1.82, 2.24) is 0 Å². The fourth-order valence-electron chi connectivity index (χ4n) is 2.36. The lowest BCUT2D eigenvalue weighted by Crippen LogP contribution is -2.21. The lowest BCUT2D eigenvalue weighted by Gasteiger charge is -2.16. The minimum Gasteiger partial charge on any atom is -0.332 e. The molecule has 2 N–H and O–H groups in total. The van der Waals surface area contributed by atoms with E-state index in [-0.39, 0.29) is 15.7 Å². The molecule has 25 heavy (non-hydrogen) atoms. The highest BCUT2D eigenvalue weighted by molar-refractivity contribution is 7.94. The Morgan fingerprint density at radius 3 is 2.48 bits per heavy atom. The van der Waals surface area contributed by atoms with Crippen molar-refractivity contribution in [2.45, 2.75) is 11.1 Å². The van der Waals surface area contributed by atoms with Gasteiger partial charge in [-0.15, -0.1) is 0 Å². The average Bonchev–Trinajstić information content (AvgIpc) is 2.82. The number of alkyl halides is 3. The standard InChI is InChI=1S/C16H11F3N2O2S2/c17-16(18,19)12-3-1-2-4-13(12)21-15(24)20-11-6-5-10-7-8-25(22,23)14(10)9-11/h1-9H,(H2,20,21,24). The van der Waals surface area contributed by atoms with Crippen molar-refractivity contribution < 1.29 is 21.6 Å². The van der Waals surface area contributed by atoms with E-state index in [4.69, 9.17) is 12.2 Å². The number of hydrogen-bond donors (Lipinski definition) is 2. The first-order valence-electron chi connectivity index (χ1n) is 6.98. The maximum atomic E-state index is 13.0. The number of nitrogens with one attached hydrogen (secondary N) is 2. The van der Waals surface area contributed by atoms with Crippen LogP contribution in [0.3, 0.4) is 0 Å². The summed E-state index contributed by atoms with van der Waals surface area (Å²) >= 11 is 5.03. The Balaban J connectivity index is 1.80. The highest BCUT2D eigenvalue weighted by atomic mass is 32.2.